The molecule has 0 N–H and O–H groups in total. The lowest BCUT2D eigenvalue weighted by atomic mass is 10.0. The Labute approximate surface area is 179 Å². The number of aromatic nitrogens is 4. The van der Waals surface area contributed by atoms with Gasteiger partial charge < -0.3 is 4.74 Å². The van der Waals surface area contributed by atoms with E-state index >= 15 is 0 Å². The molecule has 0 fully saturated rings. The van der Waals surface area contributed by atoms with Gasteiger partial charge in [-0.3, -0.25) is 9.69 Å². The van der Waals surface area contributed by atoms with Gasteiger partial charge in [0.1, 0.15) is 18.9 Å². The van der Waals surface area contributed by atoms with E-state index in [0.29, 0.717) is 18.2 Å². The predicted molar refractivity (Wildman–Crippen MR) is 117 cm³/mol. The largest absolute Gasteiger partial charge is 0.489 e. The molecule has 154 valence electrons. The standard InChI is InChI=1S/C24H21N5O2/c1-17-9-5-6-12-19(17)24-25-27-28(26-24)15-23(30)29-20-13-7-8-14-22(20)31-16-21(29)18-10-3-2-4-11-18/h2-14,21H,15-16H2,1H3/t21-/m0/s1. The van der Waals surface area contributed by atoms with Crippen molar-refractivity contribution in [3.05, 3.63) is 90.0 Å². The van der Waals surface area contributed by atoms with Crippen LogP contribution in [0.1, 0.15) is 17.2 Å². The molecule has 1 aromatic heterocycles. The van der Waals surface area contributed by atoms with Crippen molar-refractivity contribution < 1.29 is 9.53 Å². The summed E-state index contributed by atoms with van der Waals surface area (Å²) < 4.78 is 5.95. The average Bonchev–Trinajstić information content (AvgIpc) is 3.27. The number of nitrogens with zero attached hydrogens (tertiary/aromatic N) is 5. The first-order valence-corrected chi connectivity index (χ1v) is 10.1. The fourth-order valence-electron chi connectivity index (χ4n) is 3.86. The van der Waals surface area contributed by atoms with Crippen LogP contribution in [0, 0.1) is 6.92 Å². The van der Waals surface area contributed by atoms with Gasteiger partial charge in [0.2, 0.25) is 5.82 Å². The van der Waals surface area contributed by atoms with E-state index < -0.39 is 0 Å². The fourth-order valence-corrected chi connectivity index (χ4v) is 3.86. The average molecular weight is 411 g/mol. The van der Waals surface area contributed by atoms with Gasteiger partial charge in [0, 0.05) is 5.56 Å². The van der Waals surface area contributed by atoms with Crippen molar-refractivity contribution in [1.82, 2.24) is 20.2 Å². The van der Waals surface area contributed by atoms with Gasteiger partial charge >= 0.3 is 0 Å². The maximum absolute atomic E-state index is 13.5. The highest BCUT2D eigenvalue weighted by Crippen LogP contribution is 2.39. The molecular weight excluding hydrogens is 390 g/mol. The van der Waals surface area contributed by atoms with Crippen molar-refractivity contribution in [2.75, 3.05) is 11.5 Å². The van der Waals surface area contributed by atoms with Crippen LogP contribution < -0.4 is 9.64 Å². The van der Waals surface area contributed by atoms with E-state index in [1.807, 2.05) is 85.8 Å². The second-order valence-corrected chi connectivity index (χ2v) is 7.43. The van der Waals surface area contributed by atoms with Crippen molar-refractivity contribution in [3.63, 3.8) is 0 Å². The Bertz CT molecular complexity index is 1220. The van der Waals surface area contributed by atoms with E-state index in [1.165, 1.54) is 4.80 Å². The molecule has 1 aliphatic rings. The van der Waals surface area contributed by atoms with Gasteiger partial charge in [-0.2, -0.15) is 4.80 Å². The van der Waals surface area contributed by atoms with E-state index in [2.05, 4.69) is 15.4 Å². The van der Waals surface area contributed by atoms with Gasteiger partial charge in [-0.25, -0.2) is 0 Å². The number of fused-ring (bicyclic) bond motifs is 1. The number of carbonyl (C=O) groups is 1. The number of anilines is 1. The molecule has 0 saturated carbocycles. The molecule has 5 rings (SSSR count). The molecule has 2 heterocycles. The summed E-state index contributed by atoms with van der Waals surface area (Å²) in [5.41, 5.74) is 3.71. The molecule has 1 atom stereocenters. The zero-order chi connectivity index (χ0) is 21.2. The first-order valence-electron chi connectivity index (χ1n) is 10.1. The second kappa shape index (κ2) is 8.02. The van der Waals surface area contributed by atoms with Crippen LogP contribution in [-0.2, 0) is 11.3 Å². The first-order chi connectivity index (χ1) is 15.2. The van der Waals surface area contributed by atoms with Crippen molar-refractivity contribution in [1.29, 1.82) is 0 Å². The topological polar surface area (TPSA) is 73.1 Å². The lowest BCUT2D eigenvalue weighted by Crippen LogP contribution is -2.43. The van der Waals surface area contributed by atoms with Gasteiger partial charge in [-0.15, -0.1) is 10.2 Å². The summed E-state index contributed by atoms with van der Waals surface area (Å²) in [7, 11) is 0. The van der Waals surface area contributed by atoms with Gasteiger partial charge in [-0.05, 0) is 35.4 Å². The molecule has 31 heavy (non-hydrogen) atoms. The van der Waals surface area contributed by atoms with E-state index in [9.17, 15) is 4.79 Å². The van der Waals surface area contributed by atoms with Crippen LogP contribution in [0.4, 0.5) is 5.69 Å². The van der Waals surface area contributed by atoms with Crippen LogP contribution >= 0.6 is 0 Å². The maximum atomic E-state index is 13.5. The number of aryl methyl sites for hydroxylation is 1. The van der Waals surface area contributed by atoms with E-state index in [0.717, 1.165) is 22.4 Å². The number of carbonyl (C=O) groups excluding carboxylic acids is 1. The van der Waals surface area contributed by atoms with Crippen LogP contribution in [0.2, 0.25) is 0 Å². The number of rotatable bonds is 4. The van der Waals surface area contributed by atoms with Gasteiger partial charge in [-0.1, -0.05) is 66.7 Å². The monoisotopic (exact) mass is 411 g/mol. The van der Waals surface area contributed by atoms with Gasteiger partial charge in [0.25, 0.3) is 5.91 Å². The Morgan fingerprint density at radius 1 is 1.00 bits per heavy atom. The molecule has 3 aromatic carbocycles. The van der Waals surface area contributed by atoms with Gasteiger partial charge in [0.15, 0.2) is 0 Å². The number of benzene rings is 3. The minimum absolute atomic E-state index is 0.0173. The van der Waals surface area contributed by atoms with Gasteiger partial charge in [0.05, 0.1) is 11.7 Å². The minimum Gasteiger partial charge on any atom is -0.489 e. The predicted octanol–water partition coefficient (Wildman–Crippen LogP) is 3.82. The number of para-hydroxylation sites is 2. The molecule has 0 saturated heterocycles. The molecule has 4 aromatic rings. The number of amides is 1. The highest BCUT2D eigenvalue weighted by molar-refractivity contribution is 5.96. The van der Waals surface area contributed by atoms with Crippen molar-refractivity contribution in [2.24, 2.45) is 0 Å². The molecule has 0 unspecified atom stereocenters. The third-order valence-corrected chi connectivity index (χ3v) is 5.40. The quantitative estimate of drug-likeness (QED) is 0.511. The molecule has 0 aliphatic carbocycles. The lowest BCUT2D eigenvalue weighted by Gasteiger charge is -2.37. The summed E-state index contributed by atoms with van der Waals surface area (Å²) in [5, 5.41) is 12.7. The van der Waals surface area contributed by atoms with Crippen LogP contribution in [0.3, 0.4) is 0 Å². The van der Waals surface area contributed by atoms with E-state index in [-0.39, 0.29) is 18.5 Å². The Kier molecular flexibility index (Phi) is 4.92. The van der Waals surface area contributed by atoms with Crippen LogP contribution in [0.25, 0.3) is 11.4 Å². The summed E-state index contributed by atoms with van der Waals surface area (Å²) in [5.74, 6) is 1.07. The Morgan fingerprint density at radius 3 is 2.58 bits per heavy atom. The van der Waals surface area contributed by atoms with Crippen LogP contribution in [0.15, 0.2) is 78.9 Å². The Morgan fingerprint density at radius 2 is 1.74 bits per heavy atom. The molecule has 0 bridgehead atoms. The molecule has 1 amide bonds. The fraction of sp³-hybridized carbons (Fsp3) is 0.167. The summed E-state index contributed by atoms with van der Waals surface area (Å²) in [6.45, 7) is 2.36. The highest BCUT2D eigenvalue weighted by Gasteiger charge is 2.33. The van der Waals surface area contributed by atoms with Crippen LogP contribution in [-0.4, -0.2) is 32.7 Å². The molecule has 0 radical (unpaired) electrons. The number of ether oxygens (including phenoxy) is 1. The van der Waals surface area contributed by atoms with Crippen molar-refractivity contribution in [3.8, 4) is 17.1 Å². The zero-order valence-corrected chi connectivity index (χ0v) is 17.0. The number of hydrogen-bond acceptors (Lipinski definition) is 5. The van der Waals surface area contributed by atoms with Crippen molar-refractivity contribution >= 4 is 11.6 Å². The summed E-state index contributed by atoms with van der Waals surface area (Å²) in [6, 6.07) is 25.1. The normalized spacial score (nSPS) is 15.3. The maximum Gasteiger partial charge on any atom is 0.251 e. The second-order valence-electron chi connectivity index (χ2n) is 7.43. The van der Waals surface area contributed by atoms with E-state index in [4.69, 9.17) is 4.74 Å². The number of hydrogen-bond donors (Lipinski definition) is 0. The highest BCUT2D eigenvalue weighted by atomic mass is 16.5. The summed E-state index contributed by atoms with van der Waals surface area (Å²) in [6.07, 6.45) is 0. The molecule has 7 heteroatoms. The third-order valence-electron chi connectivity index (χ3n) is 5.40. The Balaban J connectivity index is 1.46. The Hall–Kier alpha value is -4.00. The SMILES string of the molecule is Cc1ccccc1-c1nnn(CC(=O)N2c3ccccc3OC[C@H]2c2ccccc2)n1. The number of tetrazole rings is 1. The smallest absolute Gasteiger partial charge is 0.251 e. The summed E-state index contributed by atoms with van der Waals surface area (Å²) in [4.78, 5) is 16.6. The minimum atomic E-state index is -0.233. The summed E-state index contributed by atoms with van der Waals surface area (Å²) >= 11 is 0. The van der Waals surface area contributed by atoms with E-state index in [1.54, 1.807) is 4.90 Å². The first kappa shape index (κ1) is 19.0. The third kappa shape index (κ3) is 3.66. The van der Waals surface area contributed by atoms with Crippen LogP contribution in [0.5, 0.6) is 5.75 Å². The van der Waals surface area contributed by atoms with Crippen molar-refractivity contribution in [2.45, 2.75) is 19.5 Å². The molecule has 0 spiro atoms. The molecular formula is C24H21N5O2. The lowest BCUT2D eigenvalue weighted by molar-refractivity contribution is -0.120. The zero-order valence-electron chi connectivity index (χ0n) is 17.0. The molecule has 7 nitrogen and oxygen atoms in total. The molecule has 1 aliphatic heterocycles.